The molecule has 1 unspecified atom stereocenters. The van der Waals surface area contributed by atoms with Crippen LogP contribution in [0.4, 0.5) is 5.69 Å². The smallest absolute Gasteiger partial charge is 0.119 e. The van der Waals surface area contributed by atoms with Crippen LogP contribution in [0.3, 0.4) is 0 Å². The molecule has 1 fully saturated rings. The zero-order valence-corrected chi connectivity index (χ0v) is 11.4. The maximum atomic E-state index is 9.56. The number of anilines is 1. The topological polar surface area (TPSA) is 32.7 Å². The molecule has 1 aliphatic heterocycles. The molecule has 1 atom stereocenters. The van der Waals surface area contributed by atoms with Crippen molar-refractivity contribution in [3.05, 3.63) is 60.2 Å². The number of benzene rings is 2. The molecule has 20 heavy (non-hydrogen) atoms. The van der Waals surface area contributed by atoms with Crippen LogP contribution in [0.1, 0.15) is 12.0 Å². The Bertz CT molecular complexity index is 539. The summed E-state index contributed by atoms with van der Waals surface area (Å²) in [6, 6.07) is 18.2. The van der Waals surface area contributed by atoms with Crippen molar-refractivity contribution in [1.82, 2.24) is 0 Å². The van der Waals surface area contributed by atoms with Crippen molar-refractivity contribution in [1.29, 1.82) is 0 Å². The minimum Gasteiger partial charge on any atom is -0.489 e. The van der Waals surface area contributed by atoms with Crippen LogP contribution in [-0.4, -0.2) is 24.3 Å². The van der Waals surface area contributed by atoms with Crippen LogP contribution < -0.4 is 9.64 Å². The number of hydrogen-bond donors (Lipinski definition) is 1. The first kappa shape index (κ1) is 13.0. The van der Waals surface area contributed by atoms with E-state index < -0.39 is 0 Å². The molecule has 3 heteroatoms. The van der Waals surface area contributed by atoms with Crippen molar-refractivity contribution < 1.29 is 9.84 Å². The summed E-state index contributed by atoms with van der Waals surface area (Å²) in [5, 5.41) is 9.56. The van der Waals surface area contributed by atoms with E-state index in [1.807, 2.05) is 30.3 Å². The van der Waals surface area contributed by atoms with E-state index in [1.165, 1.54) is 5.56 Å². The molecule has 1 saturated heterocycles. The van der Waals surface area contributed by atoms with Crippen LogP contribution in [0, 0.1) is 0 Å². The first-order chi connectivity index (χ1) is 9.81. The van der Waals surface area contributed by atoms with Gasteiger partial charge in [0.1, 0.15) is 12.4 Å². The molecule has 0 radical (unpaired) electrons. The minimum absolute atomic E-state index is 0.191. The number of β-amino-alcohol motifs (C(OH)–C–C–N with tert-alkyl or cyclic N) is 1. The fourth-order valence-electron chi connectivity index (χ4n) is 2.47. The third-order valence-corrected chi connectivity index (χ3v) is 3.61. The maximum Gasteiger partial charge on any atom is 0.119 e. The highest BCUT2D eigenvalue weighted by atomic mass is 16.5. The predicted octanol–water partition coefficient (Wildman–Crippen LogP) is 2.84. The Hall–Kier alpha value is -2.00. The van der Waals surface area contributed by atoms with Crippen LogP contribution in [0.15, 0.2) is 54.6 Å². The third-order valence-electron chi connectivity index (χ3n) is 3.61. The van der Waals surface area contributed by atoms with E-state index in [1.54, 1.807) is 0 Å². The number of nitrogens with zero attached hydrogens (tertiary/aromatic N) is 1. The zero-order chi connectivity index (χ0) is 13.8. The molecule has 2 aromatic carbocycles. The van der Waals surface area contributed by atoms with E-state index in [0.29, 0.717) is 6.61 Å². The lowest BCUT2D eigenvalue weighted by Crippen LogP contribution is -2.20. The molecule has 1 N–H and O–H groups in total. The van der Waals surface area contributed by atoms with E-state index in [9.17, 15) is 5.11 Å². The lowest BCUT2D eigenvalue weighted by atomic mass is 10.2. The van der Waals surface area contributed by atoms with Gasteiger partial charge in [0, 0.05) is 18.8 Å². The summed E-state index contributed by atoms with van der Waals surface area (Å²) in [7, 11) is 0. The second kappa shape index (κ2) is 5.97. The quantitative estimate of drug-likeness (QED) is 0.926. The Morgan fingerprint density at radius 1 is 1.05 bits per heavy atom. The molecule has 3 nitrogen and oxygen atoms in total. The van der Waals surface area contributed by atoms with Crippen molar-refractivity contribution in [3.8, 4) is 5.75 Å². The van der Waals surface area contributed by atoms with E-state index in [-0.39, 0.29) is 6.10 Å². The summed E-state index contributed by atoms with van der Waals surface area (Å²) < 4.78 is 5.76. The van der Waals surface area contributed by atoms with Gasteiger partial charge in [-0.25, -0.2) is 0 Å². The average molecular weight is 269 g/mol. The Balaban J connectivity index is 1.59. The summed E-state index contributed by atoms with van der Waals surface area (Å²) in [5.74, 6) is 0.873. The Morgan fingerprint density at radius 2 is 1.80 bits per heavy atom. The molecule has 3 rings (SSSR count). The second-order valence-corrected chi connectivity index (χ2v) is 5.16. The lowest BCUT2D eigenvalue weighted by Gasteiger charge is -2.18. The van der Waals surface area contributed by atoms with Gasteiger partial charge in [0.15, 0.2) is 0 Å². The van der Waals surface area contributed by atoms with Crippen molar-refractivity contribution >= 4 is 5.69 Å². The molecule has 1 heterocycles. The van der Waals surface area contributed by atoms with E-state index in [4.69, 9.17) is 4.74 Å². The van der Waals surface area contributed by atoms with Crippen LogP contribution >= 0.6 is 0 Å². The van der Waals surface area contributed by atoms with Crippen LogP contribution in [0.2, 0.25) is 0 Å². The highest BCUT2D eigenvalue weighted by Gasteiger charge is 2.20. The fraction of sp³-hybridized carbons (Fsp3) is 0.294. The van der Waals surface area contributed by atoms with Crippen molar-refractivity contribution in [3.63, 3.8) is 0 Å². The van der Waals surface area contributed by atoms with Gasteiger partial charge in [0.2, 0.25) is 0 Å². The van der Waals surface area contributed by atoms with Crippen LogP contribution in [0.5, 0.6) is 5.75 Å². The van der Waals surface area contributed by atoms with Gasteiger partial charge in [-0.1, -0.05) is 30.3 Å². The molecule has 0 bridgehead atoms. The molecule has 0 saturated carbocycles. The largest absolute Gasteiger partial charge is 0.489 e. The summed E-state index contributed by atoms with van der Waals surface area (Å²) in [6.07, 6.45) is 0.663. The average Bonchev–Trinajstić information content (AvgIpc) is 2.93. The molecule has 104 valence electrons. The van der Waals surface area contributed by atoms with Gasteiger partial charge in [0.25, 0.3) is 0 Å². The van der Waals surface area contributed by atoms with Crippen molar-refractivity contribution in [2.45, 2.75) is 19.1 Å². The molecule has 2 aromatic rings. The zero-order valence-electron chi connectivity index (χ0n) is 11.4. The molecule has 0 spiro atoms. The second-order valence-electron chi connectivity index (χ2n) is 5.16. The summed E-state index contributed by atoms with van der Waals surface area (Å²) in [4.78, 5) is 2.20. The Morgan fingerprint density at radius 3 is 2.45 bits per heavy atom. The minimum atomic E-state index is -0.191. The van der Waals surface area contributed by atoms with Gasteiger partial charge in [-0.05, 0) is 36.2 Å². The van der Waals surface area contributed by atoms with Crippen LogP contribution in [-0.2, 0) is 6.61 Å². The van der Waals surface area contributed by atoms with Crippen molar-refractivity contribution in [2.24, 2.45) is 0 Å². The standard InChI is InChI=1S/C17H19NO2/c19-16-10-11-18(12-16)15-6-8-17(9-7-15)20-13-14-4-2-1-3-5-14/h1-9,16,19H,10-13H2. The Kier molecular flexibility index (Phi) is 3.88. The Labute approximate surface area is 119 Å². The molecule has 0 aromatic heterocycles. The van der Waals surface area contributed by atoms with Gasteiger partial charge in [0.05, 0.1) is 6.10 Å². The third kappa shape index (κ3) is 3.11. The number of hydrogen-bond acceptors (Lipinski definition) is 3. The van der Waals surface area contributed by atoms with E-state index >= 15 is 0 Å². The monoisotopic (exact) mass is 269 g/mol. The highest BCUT2D eigenvalue weighted by molar-refractivity contribution is 5.50. The maximum absolute atomic E-state index is 9.56. The van der Waals surface area contributed by atoms with E-state index in [2.05, 4.69) is 29.2 Å². The van der Waals surface area contributed by atoms with Gasteiger partial charge in [-0.2, -0.15) is 0 Å². The normalized spacial score (nSPS) is 18.2. The molecule has 1 aliphatic rings. The molecule has 0 amide bonds. The number of ether oxygens (including phenoxy) is 1. The van der Waals surface area contributed by atoms with Crippen molar-refractivity contribution in [2.75, 3.05) is 18.0 Å². The number of rotatable bonds is 4. The first-order valence-electron chi connectivity index (χ1n) is 7.01. The van der Waals surface area contributed by atoms with Gasteiger partial charge in [-0.15, -0.1) is 0 Å². The summed E-state index contributed by atoms with van der Waals surface area (Å²) in [6.45, 7) is 2.23. The molecular weight excluding hydrogens is 250 g/mol. The number of aliphatic hydroxyl groups excluding tert-OH is 1. The summed E-state index contributed by atoms with van der Waals surface area (Å²) >= 11 is 0. The molecule has 0 aliphatic carbocycles. The summed E-state index contributed by atoms with van der Waals surface area (Å²) in [5.41, 5.74) is 2.31. The lowest BCUT2D eigenvalue weighted by molar-refractivity contribution is 0.198. The van der Waals surface area contributed by atoms with Gasteiger partial charge >= 0.3 is 0 Å². The predicted molar refractivity (Wildman–Crippen MR) is 80.1 cm³/mol. The number of aliphatic hydroxyl groups is 1. The highest BCUT2D eigenvalue weighted by Crippen LogP contribution is 2.23. The fourth-order valence-corrected chi connectivity index (χ4v) is 2.47. The molecular formula is C17H19NO2. The first-order valence-corrected chi connectivity index (χ1v) is 7.01. The SMILES string of the molecule is OC1CCN(c2ccc(OCc3ccccc3)cc2)C1. The van der Waals surface area contributed by atoms with E-state index in [0.717, 1.165) is 30.9 Å². The van der Waals surface area contributed by atoms with Gasteiger partial charge < -0.3 is 14.7 Å². The van der Waals surface area contributed by atoms with Gasteiger partial charge in [-0.3, -0.25) is 0 Å². The van der Waals surface area contributed by atoms with Crippen LogP contribution in [0.25, 0.3) is 0 Å².